The quantitative estimate of drug-likeness (QED) is 0.522. The van der Waals surface area contributed by atoms with Crippen molar-refractivity contribution in [1.29, 1.82) is 0 Å². The van der Waals surface area contributed by atoms with Crippen LogP contribution in [0.3, 0.4) is 0 Å². The van der Waals surface area contributed by atoms with Crippen LogP contribution in [0.4, 0.5) is 11.4 Å². The molecule has 0 unspecified atom stereocenters. The molecule has 0 amide bonds. The lowest BCUT2D eigenvalue weighted by Gasteiger charge is -2.12. The smallest absolute Gasteiger partial charge is 0.0420 e. The van der Waals surface area contributed by atoms with E-state index in [1.807, 2.05) is 0 Å². The number of anilines is 2. The number of hydrogen-bond acceptors (Lipinski definition) is 2. The molecule has 0 aliphatic heterocycles. The Morgan fingerprint density at radius 3 is 2.23 bits per heavy atom. The average molecular weight is 298 g/mol. The maximum absolute atomic E-state index is 3.60. The molecular weight excluding hydrogens is 268 g/mol. The van der Waals surface area contributed by atoms with E-state index in [1.54, 1.807) is 0 Å². The second kappa shape index (κ2) is 9.34. The first kappa shape index (κ1) is 16.7. The van der Waals surface area contributed by atoms with Crippen molar-refractivity contribution >= 4 is 22.1 Å². The van der Waals surface area contributed by atoms with Crippen LogP contribution in [0, 0.1) is 0 Å². The molecule has 0 aliphatic carbocycles. The summed E-state index contributed by atoms with van der Waals surface area (Å²) in [6.07, 6.45) is 7.61. The van der Waals surface area contributed by atoms with Gasteiger partial charge in [-0.2, -0.15) is 0 Å². The van der Waals surface area contributed by atoms with E-state index in [-0.39, 0.29) is 0 Å². The molecule has 0 radical (unpaired) electrons. The Bertz CT molecular complexity index is 563. The van der Waals surface area contributed by atoms with Crippen LogP contribution >= 0.6 is 0 Å². The zero-order chi connectivity index (χ0) is 15.6. The summed E-state index contributed by atoms with van der Waals surface area (Å²) in [6, 6.07) is 13.2. The fourth-order valence-electron chi connectivity index (χ4n) is 2.74. The van der Waals surface area contributed by atoms with E-state index in [4.69, 9.17) is 0 Å². The molecular formula is C20H30N2. The van der Waals surface area contributed by atoms with E-state index in [0.29, 0.717) is 0 Å². The van der Waals surface area contributed by atoms with Gasteiger partial charge in [0.25, 0.3) is 0 Å². The molecule has 0 heterocycles. The Kier molecular flexibility index (Phi) is 7.08. The number of rotatable bonds is 10. The molecule has 0 saturated carbocycles. The molecule has 0 aromatic heterocycles. The Hall–Kier alpha value is -1.70. The van der Waals surface area contributed by atoms with Gasteiger partial charge in [0, 0.05) is 29.9 Å². The summed E-state index contributed by atoms with van der Waals surface area (Å²) in [5.74, 6) is 0. The molecule has 2 aromatic carbocycles. The van der Waals surface area contributed by atoms with Crippen molar-refractivity contribution in [2.45, 2.75) is 52.4 Å². The molecule has 0 saturated heterocycles. The zero-order valence-corrected chi connectivity index (χ0v) is 14.1. The summed E-state index contributed by atoms with van der Waals surface area (Å²) in [5.41, 5.74) is 2.48. The van der Waals surface area contributed by atoms with Gasteiger partial charge in [0.2, 0.25) is 0 Å². The third kappa shape index (κ3) is 4.94. The lowest BCUT2D eigenvalue weighted by atomic mass is 10.1. The first-order valence-corrected chi connectivity index (χ1v) is 8.85. The highest BCUT2D eigenvalue weighted by Crippen LogP contribution is 2.26. The van der Waals surface area contributed by atoms with Crippen molar-refractivity contribution in [3.63, 3.8) is 0 Å². The summed E-state index contributed by atoms with van der Waals surface area (Å²) in [7, 11) is 0. The van der Waals surface area contributed by atoms with Gasteiger partial charge in [-0.25, -0.2) is 0 Å². The van der Waals surface area contributed by atoms with Crippen molar-refractivity contribution in [3.8, 4) is 0 Å². The largest absolute Gasteiger partial charge is 0.385 e. The lowest BCUT2D eigenvalue weighted by Crippen LogP contribution is -2.03. The Morgan fingerprint density at radius 2 is 1.50 bits per heavy atom. The maximum atomic E-state index is 3.60. The zero-order valence-electron chi connectivity index (χ0n) is 14.1. The van der Waals surface area contributed by atoms with E-state index in [1.165, 1.54) is 60.7 Å². The van der Waals surface area contributed by atoms with Crippen molar-refractivity contribution in [2.24, 2.45) is 0 Å². The van der Waals surface area contributed by atoms with Crippen LogP contribution in [-0.4, -0.2) is 13.1 Å². The molecule has 0 fully saturated rings. The first-order chi connectivity index (χ1) is 10.8. The molecule has 120 valence electrons. The summed E-state index contributed by atoms with van der Waals surface area (Å²) < 4.78 is 0. The standard InChI is InChI=1S/C20H30N2/c1-3-5-7-14-21-18-13-12-17-10-9-11-20(19(17)16-18)22-15-8-6-4-2/h9-13,16,21-22H,3-8,14-15H2,1-2H3. The second-order valence-corrected chi connectivity index (χ2v) is 6.01. The lowest BCUT2D eigenvalue weighted by molar-refractivity contribution is 0.743. The van der Waals surface area contributed by atoms with Gasteiger partial charge in [-0.3, -0.25) is 0 Å². The van der Waals surface area contributed by atoms with Crippen LogP contribution in [0.5, 0.6) is 0 Å². The Balaban J connectivity index is 2.04. The highest BCUT2D eigenvalue weighted by molar-refractivity contribution is 5.96. The van der Waals surface area contributed by atoms with E-state index < -0.39 is 0 Å². The predicted molar refractivity (Wildman–Crippen MR) is 100.0 cm³/mol. The summed E-state index contributed by atoms with van der Waals surface area (Å²) in [4.78, 5) is 0. The van der Waals surface area contributed by atoms with Gasteiger partial charge in [0.1, 0.15) is 0 Å². The van der Waals surface area contributed by atoms with Crippen LogP contribution < -0.4 is 10.6 Å². The average Bonchev–Trinajstić information content (AvgIpc) is 2.56. The summed E-state index contributed by atoms with van der Waals surface area (Å²) in [6.45, 7) is 6.60. The Labute approximate surface area is 135 Å². The maximum Gasteiger partial charge on any atom is 0.0420 e. The van der Waals surface area contributed by atoms with Gasteiger partial charge >= 0.3 is 0 Å². The van der Waals surface area contributed by atoms with Gasteiger partial charge in [-0.05, 0) is 36.4 Å². The highest BCUT2D eigenvalue weighted by Gasteiger charge is 2.02. The minimum Gasteiger partial charge on any atom is -0.385 e. The van der Waals surface area contributed by atoms with Crippen molar-refractivity contribution in [2.75, 3.05) is 23.7 Å². The Morgan fingerprint density at radius 1 is 0.773 bits per heavy atom. The van der Waals surface area contributed by atoms with E-state index in [9.17, 15) is 0 Å². The summed E-state index contributed by atoms with van der Waals surface area (Å²) >= 11 is 0. The monoisotopic (exact) mass is 298 g/mol. The molecule has 2 heteroatoms. The van der Waals surface area contributed by atoms with Gasteiger partial charge in [0.15, 0.2) is 0 Å². The number of nitrogens with one attached hydrogen (secondary N) is 2. The normalized spacial score (nSPS) is 10.8. The number of hydrogen-bond donors (Lipinski definition) is 2. The molecule has 0 bridgehead atoms. The topological polar surface area (TPSA) is 24.1 Å². The molecule has 0 aliphatic rings. The first-order valence-electron chi connectivity index (χ1n) is 8.85. The SMILES string of the molecule is CCCCCNc1ccc2cccc(NCCCCC)c2c1. The number of unbranched alkanes of at least 4 members (excludes halogenated alkanes) is 4. The molecule has 2 nitrogen and oxygen atoms in total. The van der Waals surface area contributed by atoms with Crippen LogP contribution in [-0.2, 0) is 0 Å². The molecule has 0 atom stereocenters. The number of fused-ring (bicyclic) bond motifs is 1. The van der Waals surface area contributed by atoms with Crippen LogP contribution in [0.15, 0.2) is 36.4 Å². The van der Waals surface area contributed by atoms with Gasteiger partial charge in [-0.1, -0.05) is 57.7 Å². The van der Waals surface area contributed by atoms with Crippen LogP contribution in [0.1, 0.15) is 52.4 Å². The van der Waals surface area contributed by atoms with Crippen molar-refractivity contribution in [1.82, 2.24) is 0 Å². The molecule has 22 heavy (non-hydrogen) atoms. The minimum atomic E-state index is 1.06. The fourth-order valence-corrected chi connectivity index (χ4v) is 2.74. The fraction of sp³-hybridized carbons (Fsp3) is 0.500. The van der Waals surface area contributed by atoms with Gasteiger partial charge in [-0.15, -0.1) is 0 Å². The van der Waals surface area contributed by atoms with Crippen molar-refractivity contribution in [3.05, 3.63) is 36.4 Å². The second-order valence-electron chi connectivity index (χ2n) is 6.01. The molecule has 2 rings (SSSR count). The molecule has 2 aromatic rings. The number of benzene rings is 2. The van der Waals surface area contributed by atoms with E-state index in [0.717, 1.165) is 13.1 Å². The molecule has 0 spiro atoms. The third-order valence-corrected chi connectivity index (χ3v) is 4.09. The van der Waals surface area contributed by atoms with E-state index >= 15 is 0 Å². The van der Waals surface area contributed by atoms with Gasteiger partial charge < -0.3 is 10.6 Å². The van der Waals surface area contributed by atoms with E-state index in [2.05, 4.69) is 60.9 Å². The summed E-state index contributed by atoms with van der Waals surface area (Å²) in [5, 5.41) is 9.77. The minimum absolute atomic E-state index is 1.06. The predicted octanol–water partition coefficient (Wildman–Crippen LogP) is 6.04. The molecule has 2 N–H and O–H groups in total. The van der Waals surface area contributed by atoms with Crippen LogP contribution in [0.25, 0.3) is 10.8 Å². The van der Waals surface area contributed by atoms with Crippen LogP contribution in [0.2, 0.25) is 0 Å². The van der Waals surface area contributed by atoms with Crippen molar-refractivity contribution < 1.29 is 0 Å². The third-order valence-electron chi connectivity index (χ3n) is 4.09. The highest BCUT2D eigenvalue weighted by atomic mass is 14.9. The van der Waals surface area contributed by atoms with Gasteiger partial charge in [0.05, 0.1) is 0 Å².